The summed E-state index contributed by atoms with van der Waals surface area (Å²) in [6.45, 7) is 0.656. The normalized spacial score (nSPS) is 10.3. The van der Waals surface area contributed by atoms with Crippen LogP contribution in [0.2, 0.25) is 5.02 Å². The number of amides is 2. The highest BCUT2D eigenvalue weighted by Gasteiger charge is 2.14. The molecule has 1 N–H and O–H groups in total. The van der Waals surface area contributed by atoms with Crippen LogP contribution in [0.1, 0.15) is 22.3 Å². The molecule has 0 spiro atoms. The van der Waals surface area contributed by atoms with Crippen LogP contribution in [0.5, 0.6) is 5.75 Å². The van der Waals surface area contributed by atoms with Crippen LogP contribution in [0.15, 0.2) is 46.9 Å². The molecule has 0 unspecified atom stereocenters. The van der Waals surface area contributed by atoms with Crippen molar-refractivity contribution < 1.29 is 14.3 Å². The summed E-state index contributed by atoms with van der Waals surface area (Å²) in [5.74, 6) is 0.353. The van der Waals surface area contributed by atoms with Gasteiger partial charge in [-0.1, -0.05) is 39.7 Å². The van der Waals surface area contributed by atoms with Gasteiger partial charge in [-0.3, -0.25) is 9.59 Å². The Kier molecular flexibility index (Phi) is 7.48. The smallest absolute Gasteiger partial charge is 0.252 e. The van der Waals surface area contributed by atoms with Gasteiger partial charge >= 0.3 is 0 Å². The Bertz CT molecular complexity index is 798. The summed E-state index contributed by atoms with van der Waals surface area (Å²) >= 11 is 9.41. The Morgan fingerprint density at radius 3 is 2.65 bits per heavy atom. The van der Waals surface area contributed by atoms with E-state index in [-0.39, 0.29) is 24.8 Å². The van der Waals surface area contributed by atoms with Gasteiger partial charge in [0.25, 0.3) is 5.91 Å². The van der Waals surface area contributed by atoms with Crippen LogP contribution >= 0.6 is 27.5 Å². The minimum absolute atomic E-state index is 0.0773. The molecule has 0 aliphatic rings. The zero-order valence-electron chi connectivity index (χ0n) is 14.6. The number of carbonyl (C=O) groups is 2. The molecule has 7 heteroatoms. The molecular formula is C19H20BrClN2O3. The monoisotopic (exact) mass is 438 g/mol. The number of hydrogen-bond donors (Lipinski definition) is 1. The maximum Gasteiger partial charge on any atom is 0.252 e. The third-order valence-electron chi connectivity index (χ3n) is 3.82. The van der Waals surface area contributed by atoms with Crippen molar-refractivity contribution in [2.45, 2.75) is 13.0 Å². The van der Waals surface area contributed by atoms with E-state index in [4.69, 9.17) is 16.3 Å². The lowest BCUT2D eigenvalue weighted by atomic mass is 10.2. The maximum absolute atomic E-state index is 12.3. The average molecular weight is 440 g/mol. The lowest BCUT2D eigenvalue weighted by molar-refractivity contribution is -0.130. The van der Waals surface area contributed by atoms with Crippen molar-refractivity contribution in [3.8, 4) is 5.75 Å². The SMILES string of the molecule is COc1ccc(Br)cc1CN(C)C(=O)CCNC(=O)c1ccccc1Cl. The summed E-state index contributed by atoms with van der Waals surface area (Å²) in [6.07, 6.45) is 0.197. The third-order valence-corrected chi connectivity index (χ3v) is 4.64. The molecule has 2 amide bonds. The first kappa shape index (κ1) is 20.3. The summed E-state index contributed by atoms with van der Waals surface area (Å²) < 4.78 is 6.24. The van der Waals surface area contributed by atoms with E-state index in [9.17, 15) is 9.59 Å². The number of ether oxygens (including phenoxy) is 1. The molecule has 5 nitrogen and oxygen atoms in total. The van der Waals surface area contributed by atoms with Crippen LogP contribution in [0.25, 0.3) is 0 Å². The molecule has 0 saturated heterocycles. The van der Waals surface area contributed by atoms with Gasteiger partial charge in [0.15, 0.2) is 0 Å². The summed E-state index contributed by atoms with van der Waals surface area (Å²) in [5.41, 5.74) is 1.30. The summed E-state index contributed by atoms with van der Waals surface area (Å²) in [6, 6.07) is 12.4. The van der Waals surface area contributed by atoms with E-state index in [0.29, 0.717) is 17.1 Å². The predicted molar refractivity (Wildman–Crippen MR) is 106 cm³/mol. The van der Waals surface area contributed by atoms with E-state index in [0.717, 1.165) is 15.8 Å². The second kappa shape index (κ2) is 9.59. The van der Waals surface area contributed by atoms with Crippen LogP contribution < -0.4 is 10.1 Å². The topological polar surface area (TPSA) is 58.6 Å². The zero-order valence-corrected chi connectivity index (χ0v) is 16.9. The van der Waals surface area contributed by atoms with Crippen molar-refractivity contribution in [1.29, 1.82) is 0 Å². The van der Waals surface area contributed by atoms with Crippen molar-refractivity contribution in [3.63, 3.8) is 0 Å². The number of halogens is 2. The number of benzene rings is 2. The van der Waals surface area contributed by atoms with Crippen LogP contribution in [-0.4, -0.2) is 37.4 Å². The van der Waals surface area contributed by atoms with Crippen molar-refractivity contribution in [3.05, 3.63) is 63.1 Å². The molecule has 0 aliphatic heterocycles. The lowest BCUT2D eigenvalue weighted by Gasteiger charge is -2.19. The van der Waals surface area contributed by atoms with Gasteiger partial charge in [0.1, 0.15) is 5.75 Å². The van der Waals surface area contributed by atoms with E-state index in [1.165, 1.54) is 0 Å². The fraction of sp³-hybridized carbons (Fsp3) is 0.263. The highest BCUT2D eigenvalue weighted by molar-refractivity contribution is 9.10. The fourth-order valence-electron chi connectivity index (χ4n) is 2.43. The maximum atomic E-state index is 12.3. The molecule has 2 rings (SSSR count). The van der Waals surface area contributed by atoms with Gasteiger partial charge in [0.2, 0.25) is 5.91 Å². The Balaban J connectivity index is 1.87. The first-order valence-electron chi connectivity index (χ1n) is 8.01. The highest BCUT2D eigenvalue weighted by Crippen LogP contribution is 2.24. The molecule has 0 radical (unpaired) electrons. The van der Waals surface area contributed by atoms with Crippen molar-refractivity contribution in [1.82, 2.24) is 10.2 Å². The molecule has 138 valence electrons. The zero-order chi connectivity index (χ0) is 19.1. The number of rotatable bonds is 7. The fourth-order valence-corrected chi connectivity index (χ4v) is 3.06. The molecule has 0 heterocycles. The van der Waals surface area contributed by atoms with Gasteiger partial charge in [-0.05, 0) is 30.3 Å². The van der Waals surface area contributed by atoms with E-state index in [1.807, 2.05) is 18.2 Å². The third kappa shape index (κ3) is 5.47. The Hall–Kier alpha value is -2.05. The second-order valence-corrected chi connectivity index (χ2v) is 7.01. The van der Waals surface area contributed by atoms with Crippen LogP contribution in [0.4, 0.5) is 0 Å². The predicted octanol–water partition coefficient (Wildman–Crippen LogP) is 3.89. The number of carbonyl (C=O) groups excluding carboxylic acids is 2. The van der Waals surface area contributed by atoms with Gasteiger partial charge in [0, 0.05) is 36.6 Å². The molecule has 0 aliphatic carbocycles. The van der Waals surface area contributed by atoms with Gasteiger partial charge in [-0.25, -0.2) is 0 Å². The van der Waals surface area contributed by atoms with E-state index < -0.39 is 0 Å². The first-order chi connectivity index (χ1) is 12.4. The van der Waals surface area contributed by atoms with Gasteiger partial charge in [-0.2, -0.15) is 0 Å². The highest BCUT2D eigenvalue weighted by atomic mass is 79.9. The molecule has 0 bridgehead atoms. The number of nitrogens with zero attached hydrogens (tertiary/aromatic N) is 1. The summed E-state index contributed by atoms with van der Waals surface area (Å²) in [7, 11) is 3.32. The summed E-state index contributed by atoms with van der Waals surface area (Å²) in [5, 5.41) is 3.10. The van der Waals surface area contributed by atoms with Crippen molar-refractivity contribution >= 4 is 39.3 Å². The standard InChI is InChI=1S/C19H20BrClN2O3/c1-23(12-13-11-14(20)7-8-17(13)26-2)18(24)9-10-22-19(25)15-5-3-4-6-16(15)21/h3-8,11H,9-10,12H2,1-2H3,(H,22,25). The van der Waals surface area contributed by atoms with Crippen LogP contribution in [0.3, 0.4) is 0 Å². The number of hydrogen-bond acceptors (Lipinski definition) is 3. The van der Waals surface area contributed by atoms with Crippen molar-refractivity contribution in [2.75, 3.05) is 20.7 Å². The van der Waals surface area contributed by atoms with E-state index >= 15 is 0 Å². The molecule has 2 aromatic rings. The molecule has 2 aromatic carbocycles. The minimum atomic E-state index is -0.292. The Morgan fingerprint density at radius 2 is 1.96 bits per heavy atom. The van der Waals surface area contributed by atoms with Gasteiger partial charge in [0.05, 0.1) is 17.7 Å². The molecule has 0 atom stereocenters. The molecule has 0 saturated carbocycles. The average Bonchev–Trinajstić information content (AvgIpc) is 2.62. The Labute approximate surface area is 166 Å². The largest absolute Gasteiger partial charge is 0.496 e. The second-order valence-electron chi connectivity index (χ2n) is 5.69. The number of methoxy groups -OCH3 is 1. The first-order valence-corrected chi connectivity index (χ1v) is 9.18. The molecule has 0 fully saturated rings. The molecule has 0 aromatic heterocycles. The van der Waals surface area contributed by atoms with Gasteiger partial charge < -0.3 is 15.0 Å². The van der Waals surface area contributed by atoms with Crippen molar-refractivity contribution in [2.24, 2.45) is 0 Å². The molecule has 26 heavy (non-hydrogen) atoms. The van der Waals surface area contributed by atoms with Crippen LogP contribution in [-0.2, 0) is 11.3 Å². The quantitative estimate of drug-likeness (QED) is 0.712. The van der Waals surface area contributed by atoms with E-state index in [2.05, 4.69) is 21.2 Å². The Morgan fingerprint density at radius 1 is 1.23 bits per heavy atom. The minimum Gasteiger partial charge on any atom is -0.496 e. The van der Waals surface area contributed by atoms with Gasteiger partial charge in [-0.15, -0.1) is 0 Å². The number of nitrogens with one attached hydrogen (secondary N) is 1. The summed E-state index contributed by atoms with van der Waals surface area (Å²) in [4.78, 5) is 26.0. The molecular weight excluding hydrogens is 420 g/mol. The van der Waals surface area contributed by atoms with Crippen LogP contribution in [0, 0.1) is 0 Å². The van der Waals surface area contributed by atoms with E-state index in [1.54, 1.807) is 43.3 Å². The lowest BCUT2D eigenvalue weighted by Crippen LogP contribution is -2.32.